The fraction of sp³-hybridized carbons (Fsp3) is 0.500. The van der Waals surface area contributed by atoms with E-state index in [9.17, 15) is 4.39 Å². The molecule has 1 fully saturated rings. The van der Waals surface area contributed by atoms with Crippen molar-refractivity contribution in [3.05, 3.63) is 28.8 Å². The van der Waals surface area contributed by atoms with Crippen molar-refractivity contribution in [3.63, 3.8) is 0 Å². The van der Waals surface area contributed by atoms with Crippen LogP contribution in [0.1, 0.15) is 12.0 Å². The van der Waals surface area contributed by atoms with Gasteiger partial charge in [0.1, 0.15) is 6.17 Å². The van der Waals surface area contributed by atoms with Crippen LogP contribution < -0.4 is 5.32 Å². The van der Waals surface area contributed by atoms with E-state index in [1.165, 1.54) is 0 Å². The van der Waals surface area contributed by atoms with Crippen LogP contribution in [0.15, 0.2) is 18.2 Å². The molecule has 2 nitrogen and oxygen atoms in total. The Morgan fingerprint density at radius 3 is 3.12 bits per heavy atom. The van der Waals surface area contributed by atoms with Gasteiger partial charge in [-0.1, -0.05) is 23.7 Å². The van der Waals surface area contributed by atoms with Crippen LogP contribution in [-0.2, 0) is 11.2 Å². The molecule has 4 heteroatoms. The molecule has 86 valence electrons. The van der Waals surface area contributed by atoms with Crippen molar-refractivity contribution in [2.75, 3.05) is 18.5 Å². The maximum Gasteiger partial charge on any atom is 0.147 e. The number of nitrogens with one attached hydrogen (secondary N) is 1. The van der Waals surface area contributed by atoms with Gasteiger partial charge >= 0.3 is 0 Å². The van der Waals surface area contributed by atoms with E-state index in [2.05, 4.69) is 5.32 Å². The number of ether oxygens (including phenoxy) is 1. The molecule has 16 heavy (non-hydrogen) atoms. The number of rotatable bonds is 0. The average molecular weight is 242 g/mol. The summed E-state index contributed by atoms with van der Waals surface area (Å²) in [5.41, 5.74) is 1.51. The topological polar surface area (TPSA) is 21.3 Å². The lowest BCUT2D eigenvalue weighted by atomic mass is 9.86. The minimum atomic E-state index is -0.968. The van der Waals surface area contributed by atoms with Crippen LogP contribution in [0.5, 0.6) is 0 Å². The van der Waals surface area contributed by atoms with Gasteiger partial charge in [0.25, 0.3) is 0 Å². The fourth-order valence-electron chi connectivity index (χ4n) is 2.59. The van der Waals surface area contributed by atoms with Crippen LogP contribution in [0, 0.1) is 0 Å². The predicted octanol–water partition coefficient (Wildman–Crippen LogP) is 2.81. The SMILES string of the molecule is FC1COCCC12Cc1cccc(Cl)c1N2. The smallest absolute Gasteiger partial charge is 0.147 e. The zero-order valence-corrected chi connectivity index (χ0v) is 9.56. The summed E-state index contributed by atoms with van der Waals surface area (Å²) in [5.74, 6) is 0. The lowest BCUT2D eigenvalue weighted by Crippen LogP contribution is -2.52. The molecule has 2 heterocycles. The number of anilines is 1. The quantitative estimate of drug-likeness (QED) is 0.754. The van der Waals surface area contributed by atoms with Gasteiger partial charge in [-0.25, -0.2) is 4.39 Å². The average Bonchev–Trinajstić information content (AvgIpc) is 2.64. The standard InChI is InChI=1S/C12H13ClFNO/c13-9-3-1-2-8-6-12(15-11(8)9)4-5-16-7-10(12)14/h1-3,10,15H,4-7H2. The van der Waals surface area contributed by atoms with Crippen molar-refractivity contribution in [2.24, 2.45) is 0 Å². The van der Waals surface area contributed by atoms with Gasteiger partial charge in [0, 0.05) is 13.0 Å². The van der Waals surface area contributed by atoms with E-state index >= 15 is 0 Å². The Bertz CT molecular complexity index is 425. The summed E-state index contributed by atoms with van der Waals surface area (Å²) in [7, 11) is 0. The molecule has 2 aliphatic rings. The molecule has 3 rings (SSSR count). The molecule has 0 aliphatic carbocycles. The van der Waals surface area contributed by atoms with E-state index in [0.29, 0.717) is 24.5 Å². The van der Waals surface area contributed by atoms with Crippen LogP contribution in [-0.4, -0.2) is 24.9 Å². The molecule has 2 unspecified atom stereocenters. The molecule has 0 radical (unpaired) electrons. The Hall–Kier alpha value is -0.800. The summed E-state index contributed by atoms with van der Waals surface area (Å²) >= 11 is 6.10. The van der Waals surface area contributed by atoms with E-state index < -0.39 is 11.7 Å². The first-order valence-electron chi connectivity index (χ1n) is 5.49. The zero-order valence-electron chi connectivity index (χ0n) is 8.80. The van der Waals surface area contributed by atoms with Gasteiger partial charge in [-0.05, 0) is 18.1 Å². The molecular formula is C12H13ClFNO. The number of benzene rings is 1. The second-order valence-electron chi connectivity index (χ2n) is 4.52. The van der Waals surface area contributed by atoms with Gasteiger partial charge in [0.05, 0.1) is 22.9 Å². The summed E-state index contributed by atoms with van der Waals surface area (Å²) < 4.78 is 19.2. The van der Waals surface area contributed by atoms with Crippen molar-refractivity contribution in [1.29, 1.82) is 0 Å². The van der Waals surface area contributed by atoms with E-state index in [0.717, 1.165) is 11.3 Å². The highest BCUT2D eigenvalue weighted by Crippen LogP contribution is 2.42. The van der Waals surface area contributed by atoms with Gasteiger partial charge in [0.15, 0.2) is 0 Å². The molecule has 0 amide bonds. The van der Waals surface area contributed by atoms with E-state index in [-0.39, 0.29) is 6.61 Å². The van der Waals surface area contributed by atoms with Gasteiger partial charge in [-0.15, -0.1) is 0 Å². The van der Waals surface area contributed by atoms with Crippen molar-refractivity contribution < 1.29 is 9.13 Å². The summed E-state index contributed by atoms with van der Waals surface area (Å²) in [5, 5.41) is 3.96. The van der Waals surface area contributed by atoms with Gasteiger partial charge in [-0.2, -0.15) is 0 Å². The Balaban J connectivity index is 1.97. The summed E-state index contributed by atoms with van der Waals surface area (Å²) in [6.07, 6.45) is 0.428. The number of halogens is 2. The summed E-state index contributed by atoms with van der Waals surface area (Å²) in [6, 6.07) is 5.75. The molecule has 0 bridgehead atoms. The Labute approximate surface area is 98.7 Å². The zero-order chi connectivity index (χ0) is 11.2. The molecule has 1 aromatic carbocycles. The van der Waals surface area contributed by atoms with E-state index in [1.54, 1.807) is 0 Å². The first kappa shape index (κ1) is 10.4. The first-order chi connectivity index (χ1) is 7.71. The van der Waals surface area contributed by atoms with Crippen LogP contribution in [0.25, 0.3) is 0 Å². The Morgan fingerprint density at radius 1 is 1.50 bits per heavy atom. The Kier molecular flexibility index (Phi) is 2.33. The van der Waals surface area contributed by atoms with Crippen LogP contribution in [0.4, 0.5) is 10.1 Å². The minimum Gasteiger partial charge on any atom is -0.378 e. The molecule has 1 spiro atoms. The highest BCUT2D eigenvalue weighted by atomic mass is 35.5. The van der Waals surface area contributed by atoms with Crippen LogP contribution in [0.2, 0.25) is 5.02 Å². The molecule has 1 saturated heterocycles. The second-order valence-corrected chi connectivity index (χ2v) is 4.93. The third-order valence-corrected chi connectivity index (χ3v) is 3.85. The molecule has 1 aromatic rings. The number of hydrogen-bond donors (Lipinski definition) is 1. The van der Waals surface area contributed by atoms with Gasteiger partial charge in [0.2, 0.25) is 0 Å². The van der Waals surface area contributed by atoms with Gasteiger partial charge < -0.3 is 10.1 Å². The lowest BCUT2D eigenvalue weighted by Gasteiger charge is -2.37. The number of alkyl halides is 1. The van der Waals surface area contributed by atoms with Crippen molar-refractivity contribution in [2.45, 2.75) is 24.6 Å². The number of fused-ring (bicyclic) bond motifs is 1. The highest BCUT2D eigenvalue weighted by molar-refractivity contribution is 6.33. The van der Waals surface area contributed by atoms with E-state index in [1.807, 2.05) is 18.2 Å². The van der Waals surface area contributed by atoms with Crippen molar-refractivity contribution in [3.8, 4) is 0 Å². The third-order valence-electron chi connectivity index (χ3n) is 3.54. The molecular weight excluding hydrogens is 229 g/mol. The molecule has 1 N–H and O–H groups in total. The third kappa shape index (κ3) is 1.42. The molecule has 2 aliphatic heterocycles. The fourth-order valence-corrected chi connectivity index (χ4v) is 2.83. The Morgan fingerprint density at radius 2 is 2.38 bits per heavy atom. The normalized spacial score (nSPS) is 32.5. The number of para-hydroxylation sites is 1. The van der Waals surface area contributed by atoms with Crippen LogP contribution in [0.3, 0.4) is 0 Å². The summed E-state index contributed by atoms with van der Waals surface area (Å²) in [6.45, 7) is 0.789. The second kappa shape index (κ2) is 3.60. The largest absolute Gasteiger partial charge is 0.378 e. The lowest BCUT2D eigenvalue weighted by molar-refractivity contribution is -0.00544. The monoisotopic (exact) mass is 241 g/mol. The van der Waals surface area contributed by atoms with Crippen molar-refractivity contribution >= 4 is 17.3 Å². The summed E-state index contributed by atoms with van der Waals surface area (Å²) in [4.78, 5) is 0. The predicted molar refractivity (Wildman–Crippen MR) is 61.8 cm³/mol. The first-order valence-corrected chi connectivity index (χ1v) is 5.86. The minimum absolute atomic E-state index is 0.179. The molecule has 2 atom stereocenters. The maximum atomic E-state index is 14.0. The van der Waals surface area contributed by atoms with E-state index in [4.69, 9.17) is 16.3 Å². The van der Waals surface area contributed by atoms with Crippen LogP contribution >= 0.6 is 11.6 Å². The molecule has 0 saturated carbocycles. The molecule has 0 aromatic heterocycles. The highest BCUT2D eigenvalue weighted by Gasteiger charge is 2.46. The van der Waals surface area contributed by atoms with Gasteiger partial charge in [-0.3, -0.25) is 0 Å². The number of hydrogen-bond acceptors (Lipinski definition) is 2. The van der Waals surface area contributed by atoms with Crippen molar-refractivity contribution in [1.82, 2.24) is 0 Å². The maximum absolute atomic E-state index is 14.0.